The fraction of sp³-hybridized carbons (Fsp3) is 0.143. The van der Waals surface area contributed by atoms with Gasteiger partial charge in [-0.1, -0.05) is 0 Å². The van der Waals surface area contributed by atoms with Crippen molar-refractivity contribution in [3.63, 3.8) is 0 Å². The third-order valence-electron chi connectivity index (χ3n) is 3.18. The molecule has 2 aromatic carbocycles. The van der Waals surface area contributed by atoms with E-state index in [-0.39, 0.29) is 15.5 Å². The fourth-order valence-electron chi connectivity index (χ4n) is 1.86. The first-order chi connectivity index (χ1) is 11.5. The molecule has 0 heterocycles. The van der Waals surface area contributed by atoms with E-state index in [1.807, 2.05) is 0 Å². The average molecular weight is 394 g/mol. The van der Waals surface area contributed by atoms with E-state index in [9.17, 15) is 30.0 Å². The zero-order chi connectivity index (χ0) is 18.9. The van der Waals surface area contributed by atoms with Crippen molar-refractivity contribution in [3.8, 4) is 0 Å². The van der Waals surface area contributed by atoms with Crippen LogP contribution in [0.25, 0.3) is 0 Å². The van der Waals surface area contributed by atoms with Crippen molar-refractivity contribution in [2.75, 3.05) is 11.8 Å². The largest absolute Gasteiger partial charge is 0.416 e. The Morgan fingerprint density at radius 1 is 0.760 bits per heavy atom. The van der Waals surface area contributed by atoms with Gasteiger partial charge in [0.05, 0.1) is 15.4 Å². The predicted molar refractivity (Wildman–Crippen MR) is 84.9 cm³/mol. The van der Waals surface area contributed by atoms with Crippen molar-refractivity contribution < 1.29 is 30.0 Å². The molecule has 0 spiro atoms. The Balaban J connectivity index is 2.25. The summed E-state index contributed by atoms with van der Waals surface area (Å²) < 4.78 is 89.3. The van der Waals surface area contributed by atoms with Crippen molar-refractivity contribution in [3.05, 3.63) is 54.1 Å². The second-order valence-electron chi connectivity index (χ2n) is 4.86. The summed E-state index contributed by atoms with van der Waals surface area (Å²) in [5.41, 5.74) is -0.961. The van der Waals surface area contributed by atoms with Gasteiger partial charge >= 0.3 is 6.18 Å². The second-order valence-corrected chi connectivity index (χ2v) is 8.43. The van der Waals surface area contributed by atoms with Crippen LogP contribution in [0.1, 0.15) is 5.56 Å². The Morgan fingerprint density at radius 3 is 1.60 bits per heavy atom. The lowest BCUT2D eigenvalue weighted by molar-refractivity contribution is -0.137. The van der Waals surface area contributed by atoms with Crippen LogP contribution in [-0.2, 0) is 26.2 Å². The number of sulfonamides is 2. The third kappa shape index (κ3) is 4.50. The average Bonchev–Trinajstić information content (AvgIpc) is 2.54. The minimum Gasteiger partial charge on any atom is -0.280 e. The minimum atomic E-state index is -4.52. The molecule has 2 rings (SSSR count). The van der Waals surface area contributed by atoms with Crippen LogP contribution in [-0.4, -0.2) is 23.9 Å². The molecule has 0 aliphatic heterocycles. The highest BCUT2D eigenvalue weighted by atomic mass is 32.2. The van der Waals surface area contributed by atoms with Crippen LogP contribution in [0.2, 0.25) is 0 Å². The molecule has 11 heteroatoms. The van der Waals surface area contributed by atoms with E-state index in [0.29, 0.717) is 0 Å². The van der Waals surface area contributed by atoms with Gasteiger partial charge in [-0.2, -0.15) is 13.2 Å². The molecule has 2 aromatic rings. The van der Waals surface area contributed by atoms with Gasteiger partial charge in [0.15, 0.2) is 0 Å². The van der Waals surface area contributed by atoms with Crippen LogP contribution in [0.3, 0.4) is 0 Å². The molecule has 0 unspecified atom stereocenters. The quantitative estimate of drug-likeness (QED) is 0.815. The Bertz CT molecular complexity index is 953. The Labute approximate surface area is 142 Å². The monoisotopic (exact) mass is 394 g/mol. The summed E-state index contributed by atoms with van der Waals surface area (Å²) in [6.07, 6.45) is -4.52. The van der Waals surface area contributed by atoms with Crippen molar-refractivity contribution in [1.82, 2.24) is 4.72 Å². The third-order valence-corrected chi connectivity index (χ3v) is 6.00. The first-order valence-corrected chi connectivity index (χ1v) is 9.66. The normalized spacial score (nSPS) is 12.8. The number of hydrogen-bond acceptors (Lipinski definition) is 4. The van der Waals surface area contributed by atoms with Crippen LogP contribution in [0, 0.1) is 0 Å². The van der Waals surface area contributed by atoms with Crippen molar-refractivity contribution in [1.29, 1.82) is 0 Å². The van der Waals surface area contributed by atoms with E-state index in [1.165, 1.54) is 7.05 Å². The lowest BCUT2D eigenvalue weighted by Crippen LogP contribution is -2.19. The van der Waals surface area contributed by atoms with Gasteiger partial charge in [0.2, 0.25) is 10.0 Å². The van der Waals surface area contributed by atoms with E-state index in [0.717, 1.165) is 48.5 Å². The zero-order valence-electron chi connectivity index (χ0n) is 12.7. The summed E-state index contributed by atoms with van der Waals surface area (Å²) in [5, 5.41) is 0. The minimum absolute atomic E-state index is 0.0556. The standard InChI is InChI=1S/C14H13F3N2O4S2/c1-18-24(20,21)12-6-8-13(9-7-12)25(22,23)19-11-4-2-10(3-5-11)14(15,16)17/h2-9,18-19H,1H3. The number of halogens is 3. The molecule has 0 aliphatic rings. The van der Waals surface area contributed by atoms with Gasteiger partial charge in [-0.05, 0) is 55.6 Å². The summed E-state index contributed by atoms with van der Waals surface area (Å²) in [6.45, 7) is 0. The summed E-state index contributed by atoms with van der Waals surface area (Å²) in [5.74, 6) is 0. The zero-order valence-corrected chi connectivity index (χ0v) is 14.3. The summed E-state index contributed by atoms with van der Waals surface area (Å²) in [7, 11) is -6.57. The molecule has 0 aliphatic carbocycles. The molecule has 0 saturated carbocycles. The van der Waals surface area contributed by atoms with Crippen LogP contribution < -0.4 is 9.44 Å². The highest BCUT2D eigenvalue weighted by molar-refractivity contribution is 7.92. The molecule has 2 N–H and O–H groups in total. The SMILES string of the molecule is CNS(=O)(=O)c1ccc(S(=O)(=O)Nc2ccc(C(F)(F)F)cc2)cc1. The predicted octanol–water partition coefficient (Wildman–Crippen LogP) is 2.41. The van der Waals surface area contributed by atoms with Gasteiger partial charge in [0.25, 0.3) is 10.0 Å². The van der Waals surface area contributed by atoms with Crippen molar-refractivity contribution in [2.24, 2.45) is 0 Å². The molecule has 0 bridgehead atoms. The molecule has 136 valence electrons. The van der Waals surface area contributed by atoms with Crippen LogP contribution >= 0.6 is 0 Å². The number of hydrogen-bond donors (Lipinski definition) is 2. The Hall–Kier alpha value is -2.11. The van der Waals surface area contributed by atoms with E-state index in [1.54, 1.807) is 0 Å². The maximum absolute atomic E-state index is 12.5. The Kier molecular flexibility index (Phi) is 5.11. The number of benzene rings is 2. The van der Waals surface area contributed by atoms with Crippen LogP contribution in [0.4, 0.5) is 18.9 Å². The van der Waals surface area contributed by atoms with Gasteiger partial charge in [-0.25, -0.2) is 21.6 Å². The topological polar surface area (TPSA) is 92.3 Å². The number of rotatable bonds is 5. The maximum atomic E-state index is 12.5. The molecule has 0 fully saturated rings. The summed E-state index contributed by atoms with van der Waals surface area (Å²) >= 11 is 0. The van der Waals surface area contributed by atoms with Gasteiger partial charge in [-0.3, -0.25) is 4.72 Å². The smallest absolute Gasteiger partial charge is 0.280 e. The van der Waals surface area contributed by atoms with E-state index in [4.69, 9.17) is 0 Å². The van der Waals surface area contributed by atoms with Crippen molar-refractivity contribution in [2.45, 2.75) is 16.0 Å². The van der Waals surface area contributed by atoms with Crippen LogP contribution in [0.5, 0.6) is 0 Å². The molecular weight excluding hydrogens is 381 g/mol. The highest BCUT2D eigenvalue weighted by Crippen LogP contribution is 2.30. The Morgan fingerprint density at radius 2 is 1.20 bits per heavy atom. The molecule has 6 nitrogen and oxygen atoms in total. The van der Waals surface area contributed by atoms with E-state index in [2.05, 4.69) is 9.44 Å². The fourth-order valence-corrected chi connectivity index (χ4v) is 3.65. The molecule has 0 radical (unpaired) electrons. The number of nitrogens with one attached hydrogen (secondary N) is 2. The molecule has 25 heavy (non-hydrogen) atoms. The van der Waals surface area contributed by atoms with Gasteiger partial charge in [0, 0.05) is 5.69 Å². The van der Waals surface area contributed by atoms with E-state index >= 15 is 0 Å². The van der Waals surface area contributed by atoms with Gasteiger partial charge < -0.3 is 0 Å². The first-order valence-electron chi connectivity index (χ1n) is 6.69. The summed E-state index contributed by atoms with van der Waals surface area (Å²) in [4.78, 5) is -0.356. The summed E-state index contributed by atoms with van der Waals surface area (Å²) in [6, 6.07) is 7.84. The van der Waals surface area contributed by atoms with Crippen LogP contribution in [0.15, 0.2) is 58.3 Å². The molecule has 0 atom stereocenters. The molecule has 0 saturated heterocycles. The lowest BCUT2D eigenvalue weighted by atomic mass is 10.2. The number of anilines is 1. The van der Waals surface area contributed by atoms with E-state index < -0.39 is 31.8 Å². The molecule has 0 amide bonds. The van der Waals surface area contributed by atoms with Crippen molar-refractivity contribution >= 4 is 25.7 Å². The second kappa shape index (κ2) is 6.65. The lowest BCUT2D eigenvalue weighted by Gasteiger charge is -2.11. The first kappa shape index (κ1) is 19.2. The molecular formula is C14H13F3N2O4S2. The number of alkyl halides is 3. The van der Waals surface area contributed by atoms with Gasteiger partial charge in [-0.15, -0.1) is 0 Å². The highest BCUT2D eigenvalue weighted by Gasteiger charge is 2.30. The maximum Gasteiger partial charge on any atom is 0.416 e. The molecule has 0 aromatic heterocycles. The van der Waals surface area contributed by atoms with Gasteiger partial charge in [0.1, 0.15) is 0 Å².